The quantitative estimate of drug-likeness (QED) is 0.360. The molecule has 0 bridgehead atoms. The number of ether oxygens (including phenoxy) is 1. The summed E-state index contributed by atoms with van der Waals surface area (Å²) in [6.07, 6.45) is 6.06. The summed E-state index contributed by atoms with van der Waals surface area (Å²) >= 11 is 0. The van der Waals surface area contributed by atoms with Gasteiger partial charge in [0.25, 0.3) is 0 Å². The van der Waals surface area contributed by atoms with E-state index < -0.39 is 0 Å². The Kier molecular flexibility index (Phi) is 8.41. The number of hydrogen-bond acceptors (Lipinski definition) is 3. The minimum absolute atomic E-state index is 0.0916. The molecule has 1 aromatic rings. The van der Waals surface area contributed by atoms with Gasteiger partial charge < -0.3 is 20.7 Å². The Morgan fingerprint density at radius 2 is 1.92 bits per heavy atom. The Morgan fingerprint density at radius 1 is 1.19 bits per heavy atom. The molecule has 0 radical (unpaired) electrons. The molecule has 2 rings (SSSR count). The third kappa shape index (κ3) is 6.67. The molecule has 3 N–H and O–H groups in total. The van der Waals surface area contributed by atoms with Crippen LogP contribution >= 0.6 is 0 Å². The minimum atomic E-state index is -0.0916. The minimum Gasteiger partial charge on any atom is -0.382 e. The first-order valence-corrected chi connectivity index (χ1v) is 9.54. The fraction of sp³-hybridized carbons (Fsp3) is 0.600. The van der Waals surface area contributed by atoms with E-state index in [0.717, 1.165) is 31.9 Å². The number of amides is 1. The van der Waals surface area contributed by atoms with E-state index in [1.165, 1.54) is 25.7 Å². The second-order valence-corrected chi connectivity index (χ2v) is 6.85. The Morgan fingerprint density at radius 3 is 2.58 bits per heavy atom. The predicted octanol–water partition coefficient (Wildman–Crippen LogP) is 2.78. The number of nitrogens with one attached hydrogen (secondary N) is 3. The van der Waals surface area contributed by atoms with Gasteiger partial charge in [0.1, 0.15) is 0 Å². The highest BCUT2D eigenvalue weighted by Crippen LogP contribution is 2.40. The van der Waals surface area contributed by atoms with Crippen molar-refractivity contribution in [2.24, 2.45) is 10.4 Å². The zero-order chi connectivity index (χ0) is 18.7. The lowest BCUT2D eigenvalue weighted by Gasteiger charge is -2.30. The molecule has 0 spiro atoms. The lowest BCUT2D eigenvalue weighted by molar-refractivity contribution is -0.115. The second kappa shape index (κ2) is 10.8. The molecule has 1 saturated carbocycles. The fourth-order valence-corrected chi connectivity index (χ4v) is 3.46. The van der Waals surface area contributed by atoms with Crippen LogP contribution in [0.5, 0.6) is 0 Å². The molecule has 26 heavy (non-hydrogen) atoms. The topological polar surface area (TPSA) is 74.8 Å². The molecule has 0 saturated heterocycles. The van der Waals surface area contributed by atoms with Crippen LogP contribution in [-0.2, 0) is 9.53 Å². The van der Waals surface area contributed by atoms with Gasteiger partial charge in [0.15, 0.2) is 5.96 Å². The maximum atomic E-state index is 12.1. The summed E-state index contributed by atoms with van der Waals surface area (Å²) in [5.41, 5.74) is 1.07. The van der Waals surface area contributed by atoms with E-state index in [2.05, 4.69) is 20.9 Å². The standard InChI is InChI=1S/C20H32N4O2/c1-3-26-14-13-20(11-7-8-12-20)16-23-19(21-2)22-15-18(25)24-17-9-5-4-6-10-17/h4-6,9-10H,3,7-8,11-16H2,1-2H3,(H,24,25)(H2,21,22,23). The van der Waals surface area contributed by atoms with Crippen molar-refractivity contribution in [2.75, 3.05) is 38.7 Å². The van der Waals surface area contributed by atoms with Gasteiger partial charge in [0.05, 0.1) is 6.54 Å². The first-order chi connectivity index (χ1) is 12.7. The molecule has 6 nitrogen and oxygen atoms in total. The van der Waals surface area contributed by atoms with Crippen molar-refractivity contribution in [2.45, 2.75) is 39.0 Å². The molecule has 0 heterocycles. The van der Waals surface area contributed by atoms with E-state index in [9.17, 15) is 4.79 Å². The van der Waals surface area contributed by atoms with Crippen molar-refractivity contribution in [3.05, 3.63) is 30.3 Å². The number of aliphatic imine (C=N–C) groups is 1. The summed E-state index contributed by atoms with van der Waals surface area (Å²) in [6, 6.07) is 9.45. The van der Waals surface area contributed by atoms with Gasteiger partial charge in [-0.2, -0.15) is 0 Å². The summed E-state index contributed by atoms with van der Waals surface area (Å²) in [5, 5.41) is 9.35. The Hall–Kier alpha value is -2.08. The van der Waals surface area contributed by atoms with Crippen LogP contribution in [0.3, 0.4) is 0 Å². The lowest BCUT2D eigenvalue weighted by Crippen LogP contribution is -2.45. The van der Waals surface area contributed by atoms with Crippen molar-refractivity contribution in [1.29, 1.82) is 0 Å². The molecule has 144 valence electrons. The van der Waals surface area contributed by atoms with E-state index in [0.29, 0.717) is 5.96 Å². The normalized spacial score (nSPS) is 16.3. The van der Waals surface area contributed by atoms with Crippen molar-refractivity contribution >= 4 is 17.6 Å². The number of rotatable bonds is 9. The molecule has 0 unspecified atom stereocenters. The predicted molar refractivity (Wildman–Crippen MR) is 106 cm³/mol. The van der Waals surface area contributed by atoms with Crippen LogP contribution in [0.1, 0.15) is 39.0 Å². The summed E-state index contributed by atoms with van der Waals surface area (Å²) < 4.78 is 5.56. The molecule has 1 aliphatic rings. The zero-order valence-electron chi connectivity index (χ0n) is 16.0. The molecule has 1 amide bonds. The van der Waals surface area contributed by atoms with Crippen LogP contribution < -0.4 is 16.0 Å². The van der Waals surface area contributed by atoms with Crippen LogP contribution in [0.4, 0.5) is 5.69 Å². The Bertz CT molecular complexity index is 568. The van der Waals surface area contributed by atoms with E-state index >= 15 is 0 Å². The largest absolute Gasteiger partial charge is 0.382 e. The third-order valence-corrected chi connectivity index (χ3v) is 4.97. The summed E-state index contributed by atoms with van der Waals surface area (Å²) in [5.74, 6) is 0.571. The third-order valence-electron chi connectivity index (χ3n) is 4.97. The number of hydrogen-bond donors (Lipinski definition) is 3. The SMILES string of the molecule is CCOCCC1(CNC(=NC)NCC(=O)Nc2ccccc2)CCCC1. The number of para-hydroxylation sites is 1. The molecular formula is C20H32N4O2. The highest BCUT2D eigenvalue weighted by Gasteiger charge is 2.33. The van der Waals surface area contributed by atoms with Crippen LogP contribution in [0.15, 0.2) is 35.3 Å². The maximum absolute atomic E-state index is 12.1. The number of nitrogens with zero attached hydrogens (tertiary/aromatic N) is 1. The number of benzene rings is 1. The van der Waals surface area contributed by atoms with Gasteiger partial charge in [-0.15, -0.1) is 0 Å². The zero-order valence-corrected chi connectivity index (χ0v) is 16.0. The van der Waals surface area contributed by atoms with Gasteiger partial charge in [-0.1, -0.05) is 31.0 Å². The average Bonchev–Trinajstić information content (AvgIpc) is 3.12. The highest BCUT2D eigenvalue weighted by atomic mass is 16.5. The Labute approximate surface area is 156 Å². The smallest absolute Gasteiger partial charge is 0.243 e. The van der Waals surface area contributed by atoms with E-state index in [4.69, 9.17) is 4.74 Å². The van der Waals surface area contributed by atoms with Crippen LogP contribution in [0.2, 0.25) is 0 Å². The van der Waals surface area contributed by atoms with Gasteiger partial charge in [-0.05, 0) is 43.7 Å². The van der Waals surface area contributed by atoms with E-state index in [-0.39, 0.29) is 17.9 Å². The maximum Gasteiger partial charge on any atom is 0.243 e. The molecule has 1 aliphatic carbocycles. The van der Waals surface area contributed by atoms with Crippen LogP contribution in [0.25, 0.3) is 0 Å². The molecule has 1 fully saturated rings. The van der Waals surface area contributed by atoms with Gasteiger partial charge >= 0.3 is 0 Å². The molecule has 0 aromatic heterocycles. The van der Waals surface area contributed by atoms with Crippen molar-refractivity contribution < 1.29 is 9.53 Å². The first-order valence-electron chi connectivity index (χ1n) is 9.54. The Balaban J connectivity index is 1.76. The molecule has 0 aliphatic heterocycles. The summed E-state index contributed by atoms with van der Waals surface area (Å²) in [4.78, 5) is 16.3. The highest BCUT2D eigenvalue weighted by molar-refractivity contribution is 5.94. The van der Waals surface area contributed by atoms with Crippen molar-refractivity contribution in [3.8, 4) is 0 Å². The van der Waals surface area contributed by atoms with E-state index in [1.54, 1.807) is 7.05 Å². The number of carbonyl (C=O) groups is 1. The fourth-order valence-electron chi connectivity index (χ4n) is 3.46. The molecular weight excluding hydrogens is 328 g/mol. The number of carbonyl (C=O) groups excluding carboxylic acids is 1. The van der Waals surface area contributed by atoms with Gasteiger partial charge in [0, 0.05) is 32.5 Å². The van der Waals surface area contributed by atoms with Crippen molar-refractivity contribution in [3.63, 3.8) is 0 Å². The lowest BCUT2D eigenvalue weighted by atomic mass is 9.83. The molecule has 1 aromatic carbocycles. The molecule has 6 heteroatoms. The summed E-state index contributed by atoms with van der Waals surface area (Å²) in [6.45, 7) is 4.65. The van der Waals surface area contributed by atoms with Gasteiger partial charge in [0.2, 0.25) is 5.91 Å². The average molecular weight is 361 g/mol. The van der Waals surface area contributed by atoms with Gasteiger partial charge in [-0.3, -0.25) is 9.79 Å². The van der Waals surface area contributed by atoms with Crippen LogP contribution in [0, 0.1) is 5.41 Å². The number of anilines is 1. The van der Waals surface area contributed by atoms with Crippen LogP contribution in [-0.4, -0.2) is 45.2 Å². The second-order valence-electron chi connectivity index (χ2n) is 6.85. The van der Waals surface area contributed by atoms with Gasteiger partial charge in [-0.25, -0.2) is 0 Å². The first kappa shape index (κ1) is 20.2. The van der Waals surface area contributed by atoms with E-state index in [1.807, 2.05) is 37.3 Å². The van der Waals surface area contributed by atoms with Crippen molar-refractivity contribution in [1.82, 2.24) is 10.6 Å². The number of guanidine groups is 1. The molecule has 0 atom stereocenters. The summed E-state index contributed by atoms with van der Waals surface area (Å²) in [7, 11) is 1.73. The monoisotopic (exact) mass is 360 g/mol.